The summed E-state index contributed by atoms with van der Waals surface area (Å²) < 4.78 is 10.8. The molecule has 2 aromatic carbocycles. The Hall–Kier alpha value is -3.68. The third-order valence-corrected chi connectivity index (χ3v) is 3.23. The molecular weight excluding hydrogens is 350 g/mol. The number of ether oxygens (including phenoxy) is 2. The van der Waals surface area contributed by atoms with Gasteiger partial charge in [-0.2, -0.15) is 5.10 Å². The van der Waals surface area contributed by atoms with Crippen molar-refractivity contribution in [3.05, 3.63) is 70.3 Å². The molecule has 2 rings (SSSR count). The Morgan fingerprint density at radius 2 is 1.93 bits per heavy atom. The number of hydrogen-bond acceptors (Lipinski definition) is 6. The number of carbonyl (C=O) groups is 1. The number of nitrogens with zero attached hydrogens (tertiary/aromatic N) is 2. The fraction of sp³-hybridized carbons (Fsp3) is 0.158. The Morgan fingerprint density at radius 1 is 1.19 bits per heavy atom. The molecule has 0 aliphatic carbocycles. The summed E-state index contributed by atoms with van der Waals surface area (Å²) in [6, 6.07) is 13.2. The zero-order valence-corrected chi connectivity index (χ0v) is 14.7. The molecule has 140 valence electrons. The lowest BCUT2D eigenvalue weighted by Crippen LogP contribution is -2.24. The van der Waals surface area contributed by atoms with Gasteiger partial charge in [-0.25, -0.2) is 5.43 Å². The van der Waals surface area contributed by atoms with Crippen LogP contribution in [0.25, 0.3) is 6.08 Å². The first-order chi connectivity index (χ1) is 13.1. The molecule has 8 nitrogen and oxygen atoms in total. The second kappa shape index (κ2) is 10.3. The number of nitro groups is 1. The van der Waals surface area contributed by atoms with E-state index >= 15 is 0 Å². The summed E-state index contributed by atoms with van der Waals surface area (Å²) in [4.78, 5) is 22.0. The van der Waals surface area contributed by atoms with Crippen LogP contribution in [0.3, 0.4) is 0 Å². The number of hydrogen-bond donors (Lipinski definition) is 1. The standard InChI is InChI=1S/C19H19N3O5/c1-2-26-17-10-3-4-11-18(17)27-14-19(23)21-20-12-6-8-15-7-5-9-16(13-15)22(24)25/h3-13H,2,14H2,1H3,(H,21,23)/b8-6+,20-12+. The van der Waals surface area contributed by atoms with Gasteiger partial charge >= 0.3 is 0 Å². The Kier molecular flexibility index (Phi) is 7.52. The van der Waals surface area contributed by atoms with Crippen LogP contribution in [0.1, 0.15) is 12.5 Å². The van der Waals surface area contributed by atoms with Crippen molar-refractivity contribution in [2.24, 2.45) is 5.10 Å². The number of non-ortho nitro benzene ring substituents is 1. The van der Waals surface area contributed by atoms with Gasteiger partial charge in [0.25, 0.3) is 11.6 Å². The zero-order valence-electron chi connectivity index (χ0n) is 14.7. The number of allylic oxidation sites excluding steroid dienone is 1. The van der Waals surface area contributed by atoms with Gasteiger partial charge in [-0.05, 0) is 30.7 Å². The zero-order chi connectivity index (χ0) is 19.5. The average Bonchev–Trinajstić information content (AvgIpc) is 2.67. The van der Waals surface area contributed by atoms with E-state index in [0.29, 0.717) is 23.7 Å². The molecule has 0 saturated carbocycles. The van der Waals surface area contributed by atoms with Crippen LogP contribution in [0.5, 0.6) is 11.5 Å². The van der Waals surface area contributed by atoms with Crippen molar-refractivity contribution in [2.45, 2.75) is 6.92 Å². The Bertz CT molecular complexity index is 849. The van der Waals surface area contributed by atoms with Crippen LogP contribution in [0.2, 0.25) is 0 Å². The highest BCUT2D eigenvalue weighted by Gasteiger charge is 2.06. The highest BCUT2D eigenvalue weighted by atomic mass is 16.6. The summed E-state index contributed by atoms with van der Waals surface area (Å²) in [5.74, 6) is 0.613. The van der Waals surface area contributed by atoms with Gasteiger partial charge in [0.2, 0.25) is 0 Å². The van der Waals surface area contributed by atoms with Gasteiger partial charge in [0.15, 0.2) is 18.1 Å². The number of amides is 1. The van der Waals surface area contributed by atoms with Crippen LogP contribution in [0.4, 0.5) is 5.69 Å². The topological polar surface area (TPSA) is 103 Å². The summed E-state index contributed by atoms with van der Waals surface area (Å²) in [5.41, 5.74) is 2.98. The Morgan fingerprint density at radius 3 is 2.63 bits per heavy atom. The number of benzene rings is 2. The number of rotatable bonds is 9. The molecule has 0 bridgehead atoms. The predicted octanol–water partition coefficient (Wildman–Crippen LogP) is 3.19. The second-order valence-corrected chi connectivity index (χ2v) is 5.19. The minimum Gasteiger partial charge on any atom is -0.490 e. The monoisotopic (exact) mass is 369 g/mol. The first kappa shape index (κ1) is 19.6. The quantitative estimate of drug-likeness (QED) is 0.415. The molecule has 0 spiro atoms. The molecule has 0 fully saturated rings. The van der Waals surface area contributed by atoms with Crippen molar-refractivity contribution < 1.29 is 19.2 Å². The molecule has 1 amide bonds. The smallest absolute Gasteiger partial charge is 0.277 e. The molecule has 0 aliphatic rings. The minimum atomic E-state index is -0.463. The van der Waals surface area contributed by atoms with Crippen LogP contribution in [0.15, 0.2) is 59.7 Å². The van der Waals surface area contributed by atoms with Crippen LogP contribution in [-0.2, 0) is 4.79 Å². The van der Waals surface area contributed by atoms with E-state index in [-0.39, 0.29) is 12.3 Å². The fourth-order valence-corrected chi connectivity index (χ4v) is 2.07. The molecule has 8 heteroatoms. The van der Waals surface area contributed by atoms with Crippen molar-refractivity contribution in [1.82, 2.24) is 5.43 Å². The van der Waals surface area contributed by atoms with Crippen LogP contribution >= 0.6 is 0 Å². The van der Waals surface area contributed by atoms with Gasteiger partial charge in [0, 0.05) is 18.3 Å². The number of hydrazone groups is 1. The van der Waals surface area contributed by atoms with Gasteiger partial charge in [-0.3, -0.25) is 14.9 Å². The lowest BCUT2D eigenvalue weighted by molar-refractivity contribution is -0.384. The lowest BCUT2D eigenvalue weighted by Gasteiger charge is -2.10. The van der Waals surface area contributed by atoms with E-state index in [1.807, 2.05) is 13.0 Å². The van der Waals surface area contributed by atoms with E-state index in [1.165, 1.54) is 18.3 Å². The summed E-state index contributed by atoms with van der Waals surface area (Å²) in [6.45, 7) is 2.14. The van der Waals surface area contributed by atoms with E-state index in [0.717, 1.165) is 0 Å². The second-order valence-electron chi connectivity index (χ2n) is 5.19. The number of nitrogens with one attached hydrogen (secondary N) is 1. The van der Waals surface area contributed by atoms with Crippen molar-refractivity contribution in [3.63, 3.8) is 0 Å². The molecule has 0 heterocycles. The van der Waals surface area contributed by atoms with Gasteiger partial charge < -0.3 is 9.47 Å². The molecule has 0 aliphatic heterocycles. The minimum absolute atomic E-state index is 0.00636. The van der Waals surface area contributed by atoms with E-state index in [2.05, 4.69) is 10.5 Å². The summed E-state index contributed by atoms with van der Waals surface area (Å²) in [7, 11) is 0. The molecule has 0 aromatic heterocycles. The van der Waals surface area contributed by atoms with E-state index in [1.54, 1.807) is 42.5 Å². The highest BCUT2D eigenvalue weighted by Crippen LogP contribution is 2.26. The predicted molar refractivity (Wildman–Crippen MR) is 102 cm³/mol. The summed E-state index contributed by atoms with van der Waals surface area (Å²) in [5, 5.41) is 14.5. The summed E-state index contributed by atoms with van der Waals surface area (Å²) in [6.07, 6.45) is 4.56. The largest absolute Gasteiger partial charge is 0.490 e. The maximum Gasteiger partial charge on any atom is 0.277 e. The third-order valence-electron chi connectivity index (χ3n) is 3.23. The SMILES string of the molecule is CCOc1ccccc1OCC(=O)N/N=C/C=C/c1cccc([N+](=O)[O-])c1. The van der Waals surface area contributed by atoms with Crippen LogP contribution < -0.4 is 14.9 Å². The molecule has 27 heavy (non-hydrogen) atoms. The number of para-hydroxylation sites is 2. The van der Waals surface area contributed by atoms with Crippen molar-refractivity contribution in [3.8, 4) is 11.5 Å². The third kappa shape index (κ3) is 6.62. The highest BCUT2D eigenvalue weighted by molar-refractivity contribution is 5.82. The normalized spacial score (nSPS) is 10.9. The maximum atomic E-state index is 11.7. The van der Waals surface area contributed by atoms with Crippen LogP contribution in [0, 0.1) is 10.1 Å². The fourth-order valence-electron chi connectivity index (χ4n) is 2.07. The molecule has 0 saturated heterocycles. The van der Waals surface area contributed by atoms with Gasteiger partial charge in [-0.1, -0.05) is 30.3 Å². The van der Waals surface area contributed by atoms with Crippen molar-refractivity contribution in [2.75, 3.05) is 13.2 Å². The van der Waals surface area contributed by atoms with Crippen LogP contribution in [-0.4, -0.2) is 30.3 Å². The van der Waals surface area contributed by atoms with Gasteiger partial charge in [0.05, 0.1) is 11.5 Å². The van der Waals surface area contributed by atoms with E-state index < -0.39 is 10.8 Å². The first-order valence-corrected chi connectivity index (χ1v) is 8.18. The van der Waals surface area contributed by atoms with Crippen molar-refractivity contribution >= 4 is 23.9 Å². The number of carbonyl (C=O) groups excluding carboxylic acids is 1. The molecule has 2 aromatic rings. The molecular formula is C19H19N3O5. The first-order valence-electron chi connectivity index (χ1n) is 8.18. The molecule has 1 N–H and O–H groups in total. The number of nitro benzene ring substituents is 1. The molecule has 0 unspecified atom stereocenters. The average molecular weight is 369 g/mol. The Labute approximate surface area is 156 Å². The maximum absolute atomic E-state index is 11.7. The van der Waals surface area contributed by atoms with Gasteiger partial charge in [-0.15, -0.1) is 0 Å². The van der Waals surface area contributed by atoms with Crippen molar-refractivity contribution in [1.29, 1.82) is 0 Å². The summed E-state index contributed by atoms with van der Waals surface area (Å²) >= 11 is 0. The molecule has 0 radical (unpaired) electrons. The molecule has 0 atom stereocenters. The Balaban J connectivity index is 1.80. The van der Waals surface area contributed by atoms with E-state index in [9.17, 15) is 14.9 Å². The van der Waals surface area contributed by atoms with E-state index in [4.69, 9.17) is 9.47 Å². The van der Waals surface area contributed by atoms with Gasteiger partial charge in [0.1, 0.15) is 0 Å². The lowest BCUT2D eigenvalue weighted by atomic mass is 10.2.